The van der Waals surface area contributed by atoms with Crippen molar-refractivity contribution in [3.05, 3.63) is 29.3 Å². The van der Waals surface area contributed by atoms with Crippen molar-refractivity contribution in [2.75, 3.05) is 20.6 Å². The zero-order valence-corrected chi connectivity index (χ0v) is 13.9. The van der Waals surface area contributed by atoms with Gasteiger partial charge in [-0.3, -0.25) is 0 Å². The van der Waals surface area contributed by atoms with Gasteiger partial charge in [-0.05, 0) is 37.1 Å². The van der Waals surface area contributed by atoms with E-state index in [1.54, 1.807) is 13.1 Å². The average molecular weight is 298 g/mol. The van der Waals surface area contributed by atoms with Gasteiger partial charge in [-0.1, -0.05) is 32.4 Å². The third kappa shape index (κ3) is 4.04. The largest absolute Gasteiger partial charge is 0.316 e. The van der Waals surface area contributed by atoms with Gasteiger partial charge in [0.2, 0.25) is 10.0 Å². The average Bonchev–Trinajstić information content (AvgIpc) is 2.40. The fourth-order valence-corrected chi connectivity index (χ4v) is 3.63. The van der Waals surface area contributed by atoms with Gasteiger partial charge in [0.05, 0.1) is 4.90 Å². The Morgan fingerprint density at radius 3 is 2.55 bits per heavy atom. The summed E-state index contributed by atoms with van der Waals surface area (Å²) in [5.74, 6) is 0.357. The van der Waals surface area contributed by atoms with Crippen LogP contribution in [0.15, 0.2) is 23.1 Å². The highest BCUT2D eigenvalue weighted by molar-refractivity contribution is 7.89. The van der Waals surface area contributed by atoms with Crippen LogP contribution in [0.3, 0.4) is 0 Å². The Bertz CT molecular complexity index is 541. The Morgan fingerprint density at radius 1 is 1.35 bits per heavy atom. The first-order chi connectivity index (χ1) is 9.32. The monoisotopic (exact) mass is 298 g/mol. The van der Waals surface area contributed by atoms with Crippen LogP contribution < -0.4 is 5.32 Å². The Hall–Kier alpha value is -0.910. The fourth-order valence-electron chi connectivity index (χ4n) is 2.07. The summed E-state index contributed by atoms with van der Waals surface area (Å²) < 4.78 is 26.8. The van der Waals surface area contributed by atoms with E-state index in [2.05, 4.69) is 19.2 Å². The molecule has 1 unspecified atom stereocenters. The molecule has 0 aliphatic carbocycles. The fraction of sp³-hybridized carbons (Fsp3) is 0.600. The number of hydrogen-bond acceptors (Lipinski definition) is 3. The summed E-state index contributed by atoms with van der Waals surface area (Å²) in [4.78, 5) is 0.413. The number of aryl methyl sites for hydroxylation is 1. The number of benzene rings is 1. The van der Waals surface area contributed by atoms with Crippen LogP contribution in [-0.2, 0) is 16.6 Å². The van der Waals surface area contributed by atoms with E-state index in [1.165, 1.54) is 4.31 Å². The topological polar surface area (TPSA) is 49.4 Å². The molecule has 1 atom stereocenters. The standard InChI is InChI=1S/C15H26N2O2S/c1-6-12(2)11-17(5)20(18,19)15-9-14(10-16-4)8-7-13(15)3/h7-9,12,16H,6,10-11H2,1-5H3. The van der Waals surface area contributed by atoms with Crippen molar-refractivity contribution in [3.63, 3.8) is 0 Å². The summed E-state index contributed by atoms with van der Waals surface area (Å²) in [5.41, 5.74) is 1.77. The summed E-state index contributed by atoms with van der Waals surface area (Å²) in [6.07, 6.45) is 0.971. The van der Waals surface area contributed by atoms with Gasteiger partial charge in [0.25, 0.3) is 0 Å². The van der Waals surface area contributed by atoms with E-state index in [0.29, 0.717) is 23.9 Å². The van der Waals surface area contributed by atoms with E-state index >= 15 is 0 Å². The second-order valence-electron chi connectivity index (χ2n) is 5.43. The molecular weight excluding hydrogens is 272 g/mol. The van der Waals surface area contributed by atoms with E-state index in [9.17, 15) is 8.42 Å². The van der Waals surface area contributed by atoms with Gasteiger partial charge >= 0.3 is 0 Å². The zero-order valence-electron chi connectivity index (χ0n) is 13.1. The first-order valence-electron chi connectivity index (χ1n) is 7.03. The molecule has 1 N–H and O–H groups in total. The van der Waals surface area contributed by atoms with Crippen LogP contribution >= 0.6 is 0 Å². The molecule has 1 rings (SSSR count). The highest BCUT2D eigenvalue weighted by atomic mass is 32.2. The maximum absolute atomic E-state index is 12.7. The Kier molecular flexibility index (Phi) is 6.17. The maximum Gasteiger partial charge on any atom is 0.243 e. The molecule has 0 heterocycles. The molecule has 0 aliphatic rings. The molecule has 0 fully saturated rings. The molecule has 4 nitrogen and oxygen atoms in total. The van der Waals surface area contributed by atoms with Crippen LogP contribution in [0.25, 0.3) is 0 Å². The van der Waals surface area contributed by atoms with Crippen molar-refractivity contribution in [1.29, 1.82) is 0 Å². The summed E-state index contributed by atoms with van der Waals surface area (Å²) in [7, 11) is 0.0986. The summed E-state index contributed by atoms with van der Waals surface area (Å²) in [6.45, 7) is 7.19. The number of rotatable bonds is 7. The molecule has 1 aromatic carbocycles. The minimum Gasteiger partial charge on any atom is -0.316 e. The molecule has 0 aromatic heterocycles. The summed E-state index contributed by atoms with van der Waals surface area (Å²) in [6, 6.07) is 5.60. The third-order valence-corrected chi connectivity index (χ3v) is 5.55. The van der Waals surface area contributed by atoms with Gasteiger partial charge in [0, 0.05) is 20.1 Å². The quantitative estimate of drug-likeness (QED) is 0.841. The highest BCUT2D eigenvalue weighted by Gasteiger charge is 2.24. The van der Waals surface area contributed by atoms with Crippen LogP contribution in [0.5, 0.6) is 0 Å². The molecule has 0 aliphatic heterocycles. The van der Waals surface area contributed by atoms with Crippen molar-refractivity contribution in [2.24, 2.45) is 5.92 Å². The first kappa shape index (κ1) is 17.1. The molecule has 0 spiro atoms. The van der Waals surface area contributed by atoms with Gasteiger partial charge in [0.15, 0.2) is 0 Å². The summed E-state index contributed by atoms with van der Waals surface area (Å²) in [5, 5.41) is 3.04. The predicted octanol–water partition coefficient (Wildman–Crippen LogP) is 2.38. The van der Waals surface area contributed by atoms with Gasteiger partial charge < -0.3 is 5.32 Å². The molecule has 0 amide bonds. The van der Waals surface area contributed by atoms with Gasteiger partial charge in [-0.2, -0.15) is 0 Å². The second-order valence-corrected chi connectivity index (χ2v) is 7.44. The number of sulfonamides is 1. The van der Waals surface area contributed by atoms with E-state index in [4.69, 9.17) is 0 Å². The van der Waals surface area contributed by atoms with E-state index in [0.717, 1.165) is 17.5 Å². The molecule has 0 bridgehead atoms. The summed E-state index contributed by atoms with van der Waals surface area (Å²) >= 11 is 0. The number of nitrogens with zero attached hydrogens (tertiary/aromatic N) is 1. The SMILES string of the molecule is CCC(C)CN(C)S(=O)(=O)c1cc(CNC)ccc1C. The molecule has 20 heavy (non-hydrogen) atoms. The Morgan fingerprint density at radius 2 is 2.00 bits per heavy atom. The second kappa shape index (κ2) is 7.20. The van der Waals surface area contributed by atoms with Gasteiger partial charge in [-0.25, -0.2) is 12.7 Å². The van der Waals surface area contributed by atoms with Crippen LogP contribution in [0, 0.1) is 12.8 Å². The van der Waals surface area contributed by atoms with Crippen molar-refractivity contribution < 1.29 is 8.42 Å². The molecule has 1 aromatic rings. The molecule has 0 radical (unpaired) electrons. The van der Waals surface area contributed by atoms with Crippen LogP contribution in [0.4, 0.5) is 0 Å². The van der Waals surface area contributed by atoms with E-state index in [1.807, 2.05) is 26.1 Å². The van der Waals surface area contributed by atoms with Gasteiger partial charge in [0.1, 0.15) is 0 Å². The predicted molar refractivity (Wildman–Crippen MR) is 83.2 cm³/mol. The lowest BCUT2D eigenvalue weighted by Crippen LogP contribution is -2.31. The van der Waals surface area contributed by atoms with Crippen molar-refractivity contribution in [1.82, 2.24) is 9.62 Å². The van der Waals surface area contributed by atoms with Crippen molar-refractivity contribution >= 4 is 10.0 Å². The molecule has 0 saturated carbocycles. The van der Waals surface area contributed by atoms with Crippen LogP contribution in [0.1, 0.15) is 31.4 Å². The molecular formula is C15H26N2O2S. The number of hydrogen-bond donors (Lipinski definition) is 1. The minimum absolute atomic E-state index is 0.357. The van der Waals surface area contributed by atoms with Crippen molar-refractivity contribution in [2.45, 2.75) is 38.6 Å². The van der Waals surface area contributed by atoms with Gasteiger partial charge in [-0.15, -0.1) is 0 Å². The van der Waals surface area contributed by atoms with Crippen molar-refractivity contribution in [3.8, 4) is 0 Å². The maximum atomic E-state index is 12.7. The van der Waals surface area contributed by atoms with E-state index in [-0.39, 0.29) is 0 Å². The lowest BCUT2D eigenvalue weighted by Gasteiger charge is -2.22. The smallest absolute Gasteiger partial charge is 0.243 e. The zero-order chi connectivity index (χ0) is 15.3. The third-order valence-electron chi connectivity index (χ3n) is 3.59. The first-order valence-corrected chi connectivity index (χ1v) is 8.47. The lowest BCUT2D eigenvalue weighted by molar-refractivity contribution is 0.393. The number of nitrogens with one attached hydrogen (secondary N) is 1. The Labute approximate surface area is 123 Å². The van der Waals surface area contributed by atoms with Crippen LogP contribution in [0.2, 0.25) is 0 Å². The lowest BCUT2D eigenvalue weighted by atomic mass is 10.1. The molecule has 5 heteroatoms. The molecule has 114 valence electrons. The Balaban J connectivity index is 3.10. The van der Waals surface area contributed by atoms with Crippen LogP contribution in [-0.4, -0.2) is 33.4 Å². The van der Waals surface area contributed by atoms with E-state index < -0.39 is 10.0 Å². The highest BCUT2D eigenvalue weighted by Crippen LogP contribution is 2.21. The minimum atomic E-state index is -3.41. The molecule has 0 saturated heterocycles. The normalized spacial score (nSPS) is 13.7.